The number of aliphatic hydroxyl groups is 1. The second-order valence-electron chi connectivity index (χ2n) is 13.4. The van der Waals surface area contributed by atoms with Crippen molar-refractivity contribution in [1.29, 1.82) is 0 Å². The van der Waals surface area contributed by atoms with Crippen LogP contribution in [0.3, 0.4) is 0 Å². The highest BCUT2D eigenvalue weighted by atomic mass is 16.6. The monoisotopic (exact) mass is 682 g/mol. The van der Waals surface area contributed by atoms with Crippen molar-refractivity contribution in [3.8, 4) is 5.75 Å². The number of benzene rings is 1. The lowest BCUT2D eigenvalue weighted by Crippen LogP contribution is -2.57. The van der Waals surface area contributed by atoms with E-state index in [1.807, 2.05) is 32.1 Å². The van der Waals surface area contributed by atoms with Gasteiger partial charge in [-0.2, -0.15) is 0 Å². The van der Waals surface area contributed by atoms with Crippen LogP contribution in [0, 0.1) is 5.41 Å². The van der Waals surface area contributed by atoms with Gasteiger partial charge < -0.3 is 37.1 Å². The highest BCUT2D eigenvalue weighted by molar-refractivity contribution is 5.91. The van der Waals surface area contributed by atoms with Gasteiger partial charge in [-0.05, 0) is 70.2 Å². The first kappa shape index (κ1) is 41.1. The Morgan fingerprint density at radius 2 is 1.55 bits per heavy atom. The van der Waals surface area contributed by atoms with E-state index in [0.29, 0.717) is 37.4 Å². The van der Waals surface area contributed by atoms with E-state index in [2.05, 4.69) is 12.2 Å². The molecule has 0 saturated heterocycles. The molecule has 0 saturated carbocycles. The zero-order valence-electron chi connectivity index (χ0n) is 29.9. The normalized spacial score (nSPS) is 15.4. The van der Waals surface area contributed by atoms with Crippen LogP contribution in [-0.4, -0.2) is 46.9 Å². The Morgan fingerprint density at radius 3 is 2.10 bits per heavy atom. The van der Waals surface area contributed by atoms with Crippen molar-refractivity contribution < 1.29 is 33.8 Å². The third-order valence-corrected chi connectivity index (χ3v) is 8.88. The minimum atomic E-state index is -2.41. The quantitative estimate of drug-likeness (QED) is 0.0620. The Labute approximate surface area is 291 Å². The molecule has 1 heterocycles. The van der Waals surface area contributed by atoms with Gasteiger partial charge in [0.25, 0.3) is 5.91 Å². The van der Waals surface area contributed by atoms with Crippen molar-refractivity contribution in [1.82, 2.24) is 5.32 Å². The van der Waals surface area contributed by atoms with E-state index < -0.39 is 41.2 Å². The van der Waals surface area contributed by atoms with Crippen molar-refractivity contribution >= 4 is 23.5 Å². The van der Waals surface area contributed by atoms with Crippen LogP contribution in [0.4, 0.5) is 0 Å². The molecule has 11 heteroatoms. The van der Waals surface area contributed by atoms with Gasteiger partial charge in [-0.15, -0.1) is 0 Å². The largest absolute Gasteiger partial charge is 0.490 e. The second kappa shape index (κ2) is 20.4. The zero-order chi connectivity index (χ0) is 36.5. The first-order chi connectivity index (χ1) is 23.2. The van der Waals surface area contributed by atoms with Crippen LogP contribution >= 0.6 is 0 Å². The number of carbonyl (C=O) groups excluding carboxylic acids is 4. The Bertz CT molecular complexity index is 1350. The number of ketones is 1. The van der Waals surface area contributed by atoms with Gasteiger partial charge >= 0.3 is 0 Å². The summed E-state index contributed by atoms with van der Waals surface area (Å²) < 4.78 is 11.4. The maximum absolute atomic E-state index is 12.6. The molecule has 0 unspecified atom stereocenters. The maximum Gasteiger partial charge on any atom is 0.251 e. The number of hydrogen-bond acceptors (Lipinski definition) is 8. The molecule has 1 aromatic carbocycles. The van der Waals surface area contributed by atoms with Crippen molar-refractivity contribution in [2.75, 3.05) is 6.61 Å². The summed E-state index contributed by atoms with van der Waals surface area (Å²) in [5.41, 5.74) is 14.7. The summed E-state index contributed by atoms with van der Waals surface area (Å²) in [5.74, 6) is -1.40. The molecule has 2 rings (SSSR count). The first-order valence-electron chi connectivity index (χ1n) is 17.6. The van der Waals surface area contributed by atoms with Crippen molar-refractivity contribution in [3.05, 3.63) is 65.3 Å². The Morgan fingerprint density at radius 1 is 0.939 bits per heavy atom. The number of unbranched alkanes of at least 4 members (excludes halogenated alkanes) is 8. The molecule has 8 N–H and O–H groups in total. The van der Waals surface area contributed by atoms with Crippen LogP contribution in [-0.2, 0) is 30.3 Å². The SMILES string of the molecule is CCCCCCCC(=O)CCCCCC/C=C/[C@@](C)(C1=C(N[C@@H](Cc2ccc(OCC=C(C)C)cc2)C(N)=O)O1)[C@@](O)(CC(N)=O)C(N)=O. The standard InChI is InChI=1S/C38H58N4O7/c1-5-6-7-10-13-16-29(43)17-14-11-8-9-12-15-23-37(4,38(47,36(41)46)26-32(39)44)33-35(49-33)42-31(34(40)45)25-28-18-20-30(21-19-28)48-24-22-27(2)3/h15,18-23,31,42,47H,5-14,16-17,24-26H2,1-4H3,(H2,39,44)(H2,40,45)(H2,41,46)/b23-15+/t31-,37-,38+/m0/s1. The molecule has 272 valence electrons. The molecule has 3 amide bonds. The van der Waals surface area contributed by atoms with Gasteiger partial charge in [-0.1, -0.05) is 75.3 Å². The third-order valence-electron chi connectivity index (χ3n) is 8.88. The van der Waals surface area contributed by atoms with Crippen LogP contribution < -0.4 is 27.3 Å². The van der Waals surface area contributed by atoms with Crippen molar-refractivity contribution in [2.45, 2.75) is 129 Å². The van der Waals surface area contributed by atoms with Gasteiger partial charge in [0.2, 0.25) is 17.7 Å². The Balaban J connectivity index is 2.06. The van der Waals surface area contributed by atoms with Gasteiger partial charge in [-0.3, -0.25) is 19.2 Å². The van der Waals surface area contributed by atoms with Crippen LogP contribution in [0.2, 0.25) is 0 Å². The molecular formula is C38H58N4O7. The molecule has 0 aromatic heterocycles. The van der Waals surface area contributed by atoms with E-state index in [-0.39, 0.29) is 18.1 Å². The Kier molecular flexibility index (Phi) is 17.1. The summed E-state index contributed by atoms with van der Waals surface area (Å²) in [6.07, 6.45) is 15.9. The summed E-state index contributed by atoms with van der Waals surface area (Å²) in [5, 5.41) is 14.5. The lowest BCUT2D eigenvalue weighted by molar-refractivity contribution is -0.151. The average Bonchev–Trinajstić information content (AvgIpc) is 3.81. The number of allylic oxidation sites excluding steroid dienone is 2. The molecule has 1 aliphatic rings. The number of nitrogens with one attached hydrogen (secondary N) is 1. The minimum Gasteiger partial charge on any atom is -0.490 e. The van der Waals surface area contributed by atoms with Gasteiger partial charge in [0, 0.05) is 19.3 Å². The van der Waals surface area contributed by atoms with Gasteiger partial charge in [0.05, 0.1) is 11.8 Å². The average molecular weight is 683 g/mol. The number of Topliss-reactive ketones (excluding diaryl/α,β-unsaturated/α-hetero) is 1. The van der Waals surface area contributed by atoms with Gasteiger partial charge in [0.1, 0.15) is 24.2 Å². The maximum atomic E-state index is 12.6. The summed E-state index contributed by atoms with van der Waals surface area (Å²) in [6, 6.07) is 6.39. The van der Waals surface area contributed by atoms with Crippen LogP contribution in [0.1, 0.15) is 117 Å². The molecule has 1 aromatic rings. The molecule has 0 radical (unpaired) electrons. The van der Waals surface area contributed by atoms with E-state index >= 15 is 0 Å². The molecular weight excluding hydrogens is 624 g/mol. The lowest BCUT2D eigenvalue weighted by atomic mass is 9.69. The van der Waals surface area contributed by atoms with Crippen molar-refractivity contribution in [3.63, 3.8) is 0 Å². The molecule has 0 aliphatic carbocycles. The molecule has 11 nitrogen and oxygen atoms in total. The highest BCUT2D eigenvalue weighted by Crippen LogP contribution is 2.50. The summed E-state index contributed by atoms with van der Waals surface area (Å²) in [4.78, 5) is 49.1. The van der Waals surface area contributed by atoms with Crippen molar-refractivity contribution in [2.24, 2.45) is 22.6 Å². The molecule has 0 bridgehead atoms. The fourth-order valence-electron chi connectivity index (χ4n) is 5.64. The zero-order valence-corrected chi connectivity index (χ0v) is 29.9. The van der Waals surface area contributed by atoms with E-state index in [1.54, 1.807) is 24.3 Å². The predicted molar refractivity (Wildman–Crippen MR) is 191 cm³/mol. The molecule has 1 aliphatic heterocycles. The molecule has 0 spiro atoms. The number of hydrogen-bond donors (Lipinski definition) is 5. The summed E-state index contributed by atoms with van der Waals surface area (Å²) in [6.45, 7) is 8.13. The first-order valence-corrected chi connectivity index (χ1v) is 17.6. The fraction of sp³-hybridized carbons (Fsp3) is 0.579. The van der Waals surface area contributed by atoms with Crippen LogP contribution in [0.25, 0.3) is 0 Å². The molecule has 3 atom stereocenters. The van der Waals surface area contributed by atoms with E-state index in [4.69, 9.17) is 26.7 Å². The Hall–Kier alpha value is -4.12. The molecule has 0 fully saturated rings. The van der Waals surface area contributed by atoms with E-state index in [0.717, 1.165) is 49.7 Å². The number of amides is 3. The van der Waals surface area contributed by atoms with E-state index in [9.17, 15) is 24.3 Å². The van der Waals surface area contributed by atoms with E-state index in [1.165, 1.54) is 26.2 Å². The molecule has 49 heavy (non-hydrogen) atoms. The summed E-state index contributed by atoms with van der Waals surface area (Å²) >= 11 is 0. The second-order valence-corrected chi connectivity index (χ2v) is 13.4. The van der Waals surface area contributed by atoms with Gasteiger partial charge in [-0.25, -0.2) is 0 Å². The lowest BCUT2D eigenvalue weighted by Gasteiger charge is -2.37. The topological polar surface area (TPSA) is 200 Å². The third kappa shape index (κ3) is 13.7. The smallest absolute Gasteiger partial charge is 0.251 e. The minimum absolute atomic E-state index is 0.147. The highest BCUT2D eigenvalue weighted by Gasteiger charge is 2.59. The number of nitrogens with two attached hydrogens (primary N) is 3. The van der Waals surface area contributed by atoms with Crippen LogP contribution in [0.15, 0.2) is 59.7 Å². The summed E-state index contributed by atoms with van der Waals surface area (Å²) in [7, 11) is 0. The fourth-order valence-corrected chi connectivity index (χ4v) is 5.64. The number of rotatable bonds is 27. The van der Waals surface area contributed by atoms with Crippen LogP contribution in [0.5, 0.6) is 5.75 Å². The number of ether oxygens (including phenoxy) is 2. The number of carbonyl (C=O) groups is 4. The number of primary amides is 3. The van der Waals surface area contributed by atoms with Gasteiger partial charge in [0.15, 0.2) is 11.4 Å². The predicted octanol–water partition coefficient (Wildman–Crippen LogP) is 5.14.